The minimum atomic E-state index is 0.696. The lowest BCUT2D eigenvalue weighted by atomic mass is 9.88. The first-order valence-corrected chi connectivity index (χ1v) is 7.30. The van der Waals surface area contributed by atoms with Crippen LogP contribution in [0.2, 0.25) is 0 Å². The third-order valence-corrected chi connectivity index (χ3v) is 4.29. The molecule has 2 aliphatic rings. The fourth-order valence-electron chi connectivity index (χ4n) is 3.16. The number of para-hydroxylation sites is 1. The standard InChI is InChI=1S/C16H23NO/c1-12-7-8-13(11-17-12)10-15-5-2-4-14-6-3-9-18-16(14)15/h2,4-5,12-13,17H,3,6-11H2,1H3. The average molecular weight is 245 g/mol. The topological polar surface area (TPSA) is 21.3 Å². The van der Waals surface area contributed by atoms with Crippen molar-refractivity contribution in [3.8, 4) is 5.75 Å². The summed E-state index contributed by atoms with van der Waals surface area (Å²) in [6.45, 7) is 4.33. The second-order valence-corrected chi connectivity index (χ2v) is 5.81. The van der Waals surface area contributed by atoms with Gasteiger partial charge in [0.1, 0.15) is 5.75 Å². The Hall–Kier alpha value is -1.02. The summed E-state index contributed by atoms with van der Waals surface area (Å²) in [6.07, 6.45) is 6.17. The van der Waals surface area contributed by atoms with Crippen molar-refractivity contribution in [3.05, 3.63) is 29.3 Å². The minimum absolute atomic E-state index is 0.696. The van der Waals surface area contributed by atoms with Crippen LogP contribution in [0.5, 0.6) is 5.75 Å². The van der Waals surface area contributed by atoms with E-state index in [-0.39, 0.29) is 0 Å². The predicted octanol–water partition coefficient (Wildman–Crippen LogP) is 2.94. The van der Waals surface area contributed by atoms with Crippen molar-refractivity contribution in [2.45, 2.75) is 45.1 Å². The molecular weight excluding hydrogens is 222 g/mol. The van der Waals surface area contributed by atoms with Crippen LogP contribution in [0.3, 0.4) is 0 Å². The smallest absolute Gasteiger partial charge is 0.125 e. The molecule has 1 saturated heterocycles. The third kappa shape index (κ3) is 2.54. The molecule has 18 heavy (non-hydrogen) atoms. The van der Waals surface area contributed by atoms with Crippen molar-refractivity contribution >= 4 is 0 Å². The zero-order valence-electron chi connectivity index (χ0n) is 11.2. The van der Waals surface area contributed by atoms with Crippen LogP contribution in [0.4, 0.5) is 0 Å². The Kier molecular flexibility index (Phi) is 3.55. The maximum absolute atomic E-state index is 5.90. The highest BCUT2D eigenvalue weighted by molar-refractivity contribution is 5.43. The SMILES string of the molecule is CC1CCC(Cc2cccc3c2OCCC3)CN1. The van der Waals surface area contributed by atoms with Crippen LogP contribution < -0.4 is 10.1 Å². The molecule has 2 heteroatoms. The Labute approximate surface area is 110 Å². The van der Waals surface area contributed by atoms with E-state index >= 15 is 0 Å². The van der Waals surface area contributed by atoms with E-state index in [4.69, 9.17) is 4.74 Å². The number of ether oxygens (including phenoxy) is 1. The third-order valence-electron chi connectivity index (χ3n) is 4.29. The summed E-state index contributed by atoms with van der Waals surface area (Å²) >= 11 is 0. The Morgan fingerprint density at radius 1 is 1.33 bits per heavy atom. The molecule has 0 aliphatic carbocycles. The van der Waals surface area contributed by atoms with Gasteiger partial charge in [-0.1, -0.05) is 18.2 Å². The summed E-state index contributed by atoms with van der Waals surface area (Å²) < 4.78 is 5.90. The maximum Gasteiger partial charge on any atom is 0.125 e. The molecule has 2 nitrogen and oxygen atoms in total. The van der Waals surface area contributed by atoms with Gasteiger partial charge >= 0.3 is 0 Å². The summed E-state index contributed by atoms with van der Waals surface area (Å²) in [5.74, 6) is 1.97. The fourth-order valence-corrected chi connectivity index (χ4v) is 3.16. The number of nitrogens with one attached hydrogen (secondary N) is 1. The molecule has 98 valence electrons. The second kappa shape index (κ2) is 5.31. The van der Waals surface area contributed by atoms with Crippen LogP contribution >= 0.6 is 0 Å². The van der Waals surface area contributed by atoms with Crippen LogP contribution in [0, 0.1) is 5.92 Å². The summed E-state index contributed by atoms with van der Waals surface area (Å²) in [5, 5.41) is 3.59. The molecule has 1 aromatic rings. The van der Waals surface area contributed by atoms with Crippen LogP contribution in [0.25, 0.3) is 0 Å². The maximum atomic E-state index is 5.90. The molecule has 2 unspecified atom stereocenters. The molecule has 1 aromatic carbocycles. The molecule has 0 aromatic heterocycles. The van der Waals surface area contributed by atoms with E-state index in [0.717, 1.165) is 19.1 Å². The van der Waals surface area contributed by atoms with E-state index in [2.05, 4.69) is 30.4 Å². The van der Waals surface area contributed by atoms with E-state index in [1.807, 2.05) is 0 Å². The van der Waals surface area contributed by atoms with Gasteiger partial charge in [0.05, 0.1) is 6.61 Å². The lowest BCUT2D eigenvalue weighted by molar-refractivity contribution is 0.278. The van der Waals surface area contributed by atoms with Crippen LogP contribution in [0.15, 0.2) is 18.2 Å². The molecule has 2 atom stereocenters. The van der Waals surface area contributed by atoms with Gasteiger partial charge in [-0.25, -0.2) is 0 Å². The van der Waals surface area contributed by atoms with Crippen molar-refractivity contribution in [2.75, 3.05) is 13.2 Å². The van der Waals surface area contributed by atoms with Gasteiger partial charge in [0.25, 0.3) is 0 Å². The number of hydrogen-bond donors (Lipinski definition) is 1. The van der Waals surface area contributed by atoms with E-state index in [1.165, 1.54) is 49.0 Å². The Balaban J connectivity index is 1.72. The zero-order valence-corrected chi connectivity index (χ0v) is 11.2. The Morgan fingerprint density at radius 2 is 2.28 bits per heavy atom. The number of fused-ring (bicyclic) bond motifs is 1. The largest absolute Gasteiger partial charge is 0.493 e. The highest BCUT2D eigenvalue weighted by atomic mass is 16.5. The summed E-state index contributed by atoms with van der Waals surface area (Å²) in [4.78, 5) is 0. The lowest BCUT2D eigenvalue weighted by Gasteiger charge is -2.29. The number of piperidine rings is 1. The van der Waals surface area contributed by atoms with E-state index < -0.39 is 0 Å². The normalized spacial score (nSPS) is 27.4. The highest BCUT2D eigenvalue weighted by Gasteiger charge is 2.21. The first-order chi connectivity index (χ1) is 8.83. The molecule has 1 fully saturated rings. The average Bonchev–Trinajstić information content (AvgIpc) is 2.42. The highest BCUT2D eigenvalue weighted by Crippen LogP contribution is 2.31. The Morgan fingerprint density at radius 3 is 3.11 bits per heavy atom. The molecule has 0 bridgehead atoms. The van der Waals surface area contributed by atoms with Gasteiger partial charge in [-0.15, -0.1) is 0 Å². The Bertz CT molecular complexity index is 408. The molecule has 2 aliphatic heterocycles. The molecule has 2 heterocycles. The summed E-state index contributed by atoms with van der Waals surface area (Å²) in [5.41, 5.74) is 2.84. The van der Waals surface area contributed by atoms with Gasteiger partial charge in [0, 0.05) is 6.04 Å². The van der Waals surface area contributed by atoms with Gasteiger partial charge in [0.15, 0.2) is 0 Å². The van der Waals surface area contributed by atoms with Gasteiger partial charge in [-0.3, -0.25) is 0 Å². The van der Waals surface area contributed by atoms with Crippen molar-refractivity contribution in [3.63, 3.8) is 0 Å². The first-order valence-electron chi connectivity index (χ1n) is 7.30. The predicted molar refractivity (Wildman–Crippen MR) is 74.2 cm³/mol. The van der Waals surface area contributed by atoms with Gasteiger partial charge in [0.2, 0.25) is 0 Å². The van der Waals surface area contributed by atoms with Gasteiger partial charge in [-0.05, 0) is 62.6 Å². The van der Waals surface area contributed by atoms with E-state index in [9.17, 15) is 0 Å². The minimum Gasteiger partial charge on any atom is -0.493 e. The molecule has 0 saturated carbocycles. The molecule has 0 amide bonds. The number of aryl methyl sites for hydroxylation is 1. The van der Waals surface area contributed by atoms with Crippen molar-refractivity contribution in [2.24, 2.45) is 5.92 Å². The van der Waals surface area contributed by atoms with Crippen molar-refractivity contribution in [1.29, 1.82) is 0 Å². The van der Waals surface area contributed by atoms with Crippen LogP contribution in [-0.2, 0) is 12.8 Å². The quantitative estimate of drug-likeness (QED) is 0.865. The van der Waals surface area contributed by atoms with Crippen LogP contribution in [-0.4, -0.2) is 19.2 Å². The van der Waals surface area contributed by atoms with E-state index in [1.54, 1.807) is 0 Å². The van der Waals surface area contributed by atoms with Crippen molar-refractivity contribution in [1.82, 2.24) is 5.32 Å². The summed E-state index contributed by atoms with van der Waals surface area (Å²) in [7, 11) is 0. The number of hydrogen-bond acceptors (Lipinski definition) is 2. The molecule has 0 spiro atoms. The lowest BCUT2D eigenvalue weighted by Crippen LogP contribution is -2.37. The summed E-state index contributed by atoms with van der Waals surface area (Å²) in [6, 6.07) is 7.37. The monoisotopic (exact) mass is 245 g/mol. The molecule has 3 rings (SSSR count). The molecule has 0 radical (unpaired) electrons. The second-order valence-electron chi connectivity index (χ2n) is 5.81. The van der Waals surface area contributed by atoms with E-state index in [0.29, 0.717) is 6.04 Å². The van der Waals surface area contributed by atoms with Crippen molar-refractivity contribution < 1.29 is 4.74 Å². The number of rotatable bonds is 2. The fraction of sp³-hybridized carbons (Fsp3) is 0.625. The first kappa shape index (κ1) is 12.0. The zero-order chi connectivity index (χ0) is 12.4. The number of benzene rings is 1. The van der Waals surface area contributed by atoms with Gasteiger partial charge in [-0.2, -0.15) is 0 Å². The molecular formula is C16H23NO. The van der Waals surface area contributed by atoms with Gasteiger partial charge < -0.3 is 10.1 Å². The van der Waals surface area contributed by atoms with Crippen LogP contribution in [0.1, 0.15) is 37.3 Å². The molecule has 1 N–H and O–H groups in total.